The van der Waals surface area contributed by atoms with Gasteiger partial charge in [0.1, 0.15) is 6.33 Å². The van der Waals surface area contributed by atoms with Crippen molar-refractivity contribution in [3.05, 3.63) is 60.4 Å². The van der Waals surface area contributed by atoms with E-state index in [-0.39, 0.29) is 5.91 Å². The molecule has 1 heterocycles. The maximum atomic E-state index is 12.5. The predicted octanol–water partition coefficient (Wildman–Crippen LogP) is 3.41. The van der Waals surface area contributed by atoms with Crippen molar-refractivity contribution in [3.63, 3.8) is 0 Å². The standard InChI is InChI=1S/C21H26N4O/c1-3-21(4-2,14-22)20(26)23-13-16-9-11-17(12-10-16)25-15-24-18-7-5-6-8-19(18)25/h5-12,15H,3-4,13-14,22H2,1-2H3,(H,23,26). The van der Waals surface area contributed by atoms with Gasteiger partial charge >= 0.3 is 0 Å². The molecule has 0 bridgehead atoms. The molecule has 0 aliphatic rings. The highest BCUT2D eigenvalue weighted by Crippen LogP contribution is 2.25. The first-order valence-corrected chi connectivity index (χ1v) is 9.13. The second-order valence-corrected chi connectivity index (χ2v) is 6.64. The van der Waals surface area contributed by atoms with E-state index in [0.717, 1.165) is 35.1 Å². The molecule has 0 fully saturated rings. The molecular weight excluding hydrogens is 324 g/mol. The van der Waals surface area contributed by atoms with Crippen molar-refractivity contribution >= 4 is 16.9 Å². The van der Waals surface area contributed by atoms with Gasteiger partial charge in [0.05, 0.1) is 16.4 Å². The lowest BCUT2D eigenvalue weighted by molar-refractivity contribution is -0.131. The molecule has 0 spiro atoms. The number of carbonyl (C=O) groups excluding carboxylic acids is 1. The number of nitrogens with two attached hydrogens (primary N) is 1. The van der Waals surface area contributed by atoms with Crippen molar-refractivity contribution in [1.82, 2.24) is 14.9 Å². The van der Waals surface area contributed by atoms with Crippen LogP contribution in [-0.4, -0.2) is 22.0 Å². The maximum Gasteiger partial charge on any atom is 0.227 e. The van der Waals surface area contributed by atoms with Crippen LogP contribution in [0.2, 0.25) is 0 Å². The van der Waals surface area contributed by atoms with E-state index >= 15 is 0 Å². The Morgan fingerprint density at radius 1 is 1.12 bits per heavy atom. The van der Waals surface area contributed by atoms with Crippen molar-refractivity contribution in [2.75, 3.05) is 6.54 Å². The van der Waals surface area contributed by atoms with Gasteiger partial charge in [0.15, 0.2) is 0 Å². The van der Waals surface area contributed by atoms with Gasteiger partial charge in [0.2, 0.25) is 5.91 Å². The van der Waals surface area contributed by atoms with Crippen LogP contribution >= 0.6 is 0 Å². The van der Waals surface area contributed by atoms with Crippen LogP contribution in [0.1, 0.15) is 32.3 Å². The van der Waals surface area contributed by atoms with Gasteiger partial charge in [-0.3, -0.25) is 9.36 Å². The number of benzene rings is 2. The predicted molar refractivity (Wildman–Crippen MR) is 105 cm³/mol. The van der Waals surface area contributed by atoms with E-state index in [2.05, 4.69) is 20.9 Å². The fourth-order valence-electron chi connectivity index (χ4n) is 3.26. The van der Waals surface area contributed by atoms with Gasteiger partial charge in [0.25, 0.3) is 0 Å². The molecule has 5 nitrogen and oxygen atoms in total. The molecule has 0 saturated heterocycles. The Hall–Kier alpha value is -2.66. The van der Waals surface area contributed by atoms with Crippen molar-refractivity contribution in [1.29, 1.82) is 0 Å². The molecule has 1 aromatic heterocycles. The van der Waals surface area contributed by atoms with E-state index in [1.165, 1.54) is 0 Å². The van der Waals surface area contributed by atoms with Gasteiger partial charge in [-0.1, -0.05) is 38.1 Å². The summed E-state index contributed by atoms with van der Waals surface area (Å²) in [4.78, 5) is 17.0. The quantitative estimate of drug-likeness (QED) is 0.686. The van der Waals surface area contributed by atoms with Crippen LogP contribution in [0.15, 0.2) is 54.9 Å². The molecule has 136 valence electrons. The molecule has 0 unspecified atom stereocenters. The van der Waals surface area contributed by atoms with Gasteiger partial charge in [-0.15, -0.1) is 0 Å². The summed E-state index contributed by atoms with van der Waals surface area (Å²) in [7, 11) is 0. The number of rotatable bonds is 7. The van der Waals surface area contributed by atoms with Crippen LogP contribution in [0, 0.1) is 5.41 Å². The number of imidazole rings is 1. The second kappa shape index (κ2) is 7.70. The van der Waals surface area contributed by atoms with Crippen molar-refractivity contribution in [2.45, 2.75) is 33.2 Å². The summed E-state index contributed by atoms with van der Waals surface area (Å²) in [5, 5.41) is 3.04. The average molecular weight is 350 g/mol. The highest BCUT2D eigenvalue weighted by molar-refractivity contribution is 5.82. The third-order valence-corrected chi connectivity index (χ3v) is 5.35. The molecule has 0 aliphatic carbocycles. The van der Waals surface area contributed by atoms with Crippen LogP contribution < -0.4 is 11.1 Å². The number of hydrogen-bond donors (Lipinski definition) is 2. The summed E-state index contributed by atoms with van der Waals surface area (Å²) in [5.41, 5.74) is 9.54. The minimum Gasteiger partial charge on any atom is -0.352 e. The summed E-state index contributed by atoms with van der Waals surface area (Å²) in [5.74, 6) is 0.0367. The molecule has 0 saturated carbocycles. The normalized spacial score (nSPS) is 11.7. The minimum absolute atomic E-state index is 0.0367. The SMILES string of the molecule is CCC(CC)(CN)C(=O)NCc1ccc(-n2cnc3ccccc32)cc1. The summed E-state index contributed by atoms with van der Waals surface area (Å²) in [6, 6.07) is 16.2. The average Bonchev–Trinajstić information content (AvgIpc) is 3.13. The number of amides is 1. The van der Waals surface area contributed by atoms with E-state index in [9.17, 15) is 4.79 Å². The lowest BCUT2D eigenvalue weighted by Crippen LogP contribution is -2.45. The summed E-state index contributed by atoms with van der Waals surface area (Å²) in [6.45, 7) is 4.91. The fourth-order valence-corrected chi connectivity index (χ4v) is 3.26. The Bertz CT molecular complexity index is 870. The lowest BCUT2D eigenvalue weighted by atomic mass is 9.81. The zero-order valence-corrected chi connectivity index (χ0v) is 15.4. The smallest absolute Gasteiger partial charge is 0.227 e. The molecule has 3 aromatic rings. The molecule has 1 amide bonds. The first kappa shape index (κ1) is 18.1. The first-order chi connectivity index (χ1) is 12.6. The van der Waals surface area contributed by atoms with Crippen LogP contribution in [0.4, 0.5) is 0 Å². The first-order valence-electron chi connectivity index (χ1n) is 9.13. The molecule has 5 heteroatoms. The highest BCUT2D eigenvalue weighted by atomic mass is 16.2. The molecule has 2 aromatic carbocycles. The number of carbonyl (C=O) groups is 1. The largest absolute Gasteiger partial charge is 0.352 e. The van der Waals surface area contributed by atoms with Gasteiger partial charge in [0, 0.05) is 18.8 Å². The van der Waals surface area contributed by atoms with Crippen LogP contribution in [-0.2, 0) is 11.3 Å². The number of nitrogens with zero attached hydrogens (tertiary/aromatic N) is 2. The van der Waals surface area contributed by atoms with Crippen molar-refractivity contribution < 1.29 is 4.79 Å². The molecular formula is C21H26N4O. The summed E-state index contributed by atoms with van der Waals surface area (Å²) < 4.78 is 2.06. The lowest BCUT2D eigenvalue weighted by Gasteiger charge is -2.28. The third kappa shape index (κ3) is 3.35. The van der Waals surface area contributed by atoms with Crippen LogP contribution in [0.5, 0.6) is 0 Å². The second-order valence-electron chi connectivity index (χ2n) is 6.64. The van der Waals surface area contributed by atoms with Crippen LogP contribution in [0.3, 0.4) is 0 Å². The summed E-state index contributed by atoms with van der Waals surface area (Å²) >= 11 is 0. The van der Waals surface area contributed by atoms with Crippen molar-refractivity contribution in [2.24, 2.45) is 11.1 Å². The van der Waals surface area contributed by atoms with Gasteiger partial charge in [-0.05, 0) is 42.7 Å². The van der Waals surface area contributed by atoms with Gasteiger partial charge < -0.3 is 11.1 Å². The third-order valence-electron chi connectivity index (χ3n) is 5.35. The number of fused-ring (bicyclic) bond motifs is 1. The van der Waals surface area contributed by atoms with Gasteiger partial charge in [-0.2, -0.15) is 0 Å². The monoisotopic (exact) mass is 350 g/mol. The topological polar surface area (TPSA) is 72.9 Å². The highest BCUT2D eigenvalue weighted by Gasteiger charge is 2.32. The Morgan fingerprint density at radius 2 is 1.81 bits per heavy atom. The van der Waals surface area contributed by atoms with E-state index in [4.69, 9.17) is 5.73 Å². The fraction of sp³-hybridized carbons (Fsp3) is 0.333. The Labute approximate surface area is 154 Å². The number of hydrogen-bond acceptors (Lipinski definition) is 3. The Kier molecular flexibility index (Phi) is 5.38. The molecule has 0 aliphatic heterocycles. The van der Waals surface area contributed by atoms with E-state index < -0.39 is 5.41 Å². The Balaban J connectivity index is 1.71. The number of aromatic nitrogens is 2. The van der Waals surface area contributed by atoms with Gasteiger partial charge in [-0.25, -0.2) is 4.98 Å². The van der Waals surface area contributed by atoms with E-state index in [0.29, 0.717) is 13.1 Å². The van der Waals surface area contributed by atoms with E-state index in [1.807, 2.05) is 62.6 Å². The molecule has 0 radical (unpaired) electrons. The Morgan fingerprint density at radius 3 is 2.46 bits per heavy atom. The van der Waals surface area contributed by atoms with E-state index in [1.54, 1.807) is 0 Å². The molecule has 3 N–H and O–H groups in total. The maximum absolute atomic E-state index is 12.5. The molecule has 26 heavy (non-hydrogen) atoms. The minimum atomic E-state index is -0.463. The zero-order valence-electron chi connectivity index (χ0n) is 15.4. The number of para-hydroxylation sites is 2. The summed E-state index contributed by atoms with van der Waals surface area (Å²) in [6.07, 6.45) is 3.33. The zero-order chi connectivity index (χ0) is 18.6. The molecule has 3 rings (SSSR count). The van der Waals surface area contributed by atoms with Crippen LogP contribution in [0.25, 0.3) is 16.7 Å². The van der Waals surface area contributed by atoms with Crippen molar-refractivity contribution in [3.8, 4) is 5.69 Å². The number of nitrogens with one attached hydrogen (secondary N) is 1. The molecule has 0 atom stereocenters.